The number of rotatable bonds is 2. The molecule has 0 fully saturated rings. The Kier molecular flexibility index (Phi) is 3.31. The van der Waals surface area contributed by atoms with E-state index in [9.17, 15) is 0 Å². The molecule has 0 unspecified atom stereocenters. The van der Waals surface area contributed by atoms with Gasteiger partial charge in [-0.15, -0.1) is 0 Å². The number of pyridine rings is 1. The number of halogens is 2. The van der Waals surface area contributed by atoms with Gasteiger partial charge in [-0.3, -0.25) is 4.98 Å². The van der Waals surface area contributed by atoms with Gasteiger partial charge in [0.1, 0.15) is 11.4 Å². The summed E-state index contributed by atoms with van der Waals surface area (Å²) >= 11 is 11.5. The lowest BCUT2D eigenvalue weighted by atomic mass is 10.4. The van der Waals surface area contributed by atoms with Crippen molar-refractivity contribution in [1.82, 2.24) is 15.0 Å². The van der Waals surface area contributed by atoms with Crippen LogP contribution >= 0.6 is 23.2 Å². The van der Waals surface area contributed by atoms with Crippen LogP contribution in [-0.2, 0) is 0 Å². The van der Waals surface area contributed by atoms with E-state index >= 15 is 0 Å². The summed E-state index contributed by atoms with van der Waals surface area (Å²) in [5.74, 6) is 0.616. The van der Waals surface area contributed by atoms with Crippen LogP contribution in [0.4, 0.5) is 5.69 Å². The van der Waals surface area contributed by atoms with Gasteiger partial charge in [-0.25, -0.2) is 4.98 Å². The zero-order chi connectivity index (χ0) is 12.4. The molecule has 5 nitrogen and oxygen atoms in total. The average molecular weight is 271 g/mol. The van der Waals surface area contributed by atoms with Crippen LogP contribution < -0.4 is 10.5 Å². The average Bonchev–Trinajstić information content (AvgIpc) is 2.25. The number of nitrogens with zero attached hydrogens (tertiary/aromatic N) is 3. The summed E-state index contributed by atoms with van der Waals surface area (Å²) in [4.78, 5) is 11.7. The van der Waals surface area contributed by atoms with Crippen molar-refractivity contribution in [3.8, 4) is 11.6 Å². The van der Waals surface area contributed by atoms with Crippen LogP contribution in [0.2, 0.25) is 10.3 Å². The zero-order valence-corrected chi connectivity index (χ0v) is 10.3. The third kappa shape index (κ3) is 2.75. The third-order valence-corrected chi connectivity index (χ3v) is 2.34. The van der Waals surface area contributed by atoms with Gasteiger partial charge in [0.15, 0.2) is 0 Å². The first-order chi connectivity index (χ1) is 8.06. The van der Waals surface area contributed by atoms with Gasteiger partial charge in [0.05, 0.1) is 16.9 Å². The number of nitrogen functional groups attached to an aromatic ring is 1. The fraction of sp³-hybridized carbons (Fsp3) is 0.100. The van der Waals surface area contributed by atoms with Crippen molar-refractivity contribution in [2.75, 3.05) is 5.73 Å². The molecule has 0 aliphatic carbocycles. The van der Waals surface area contributed by atoms with Crippen LogP contribution in [0.1, 0.15) is 5.69 Å². The fourth-order valence-corrected chi connectivity index (χ4v) is 1.53. The van der Waals surface area contributed by atoms with E-state index in [1.807, 2.05) is 0 Å². The fourth-order valence-electron chi connectivity index (χ4n) is 1.16. The summed E-state index contributed by atoms with van der Waals surface area (Å²) in [6.07, 6.45) is 2.99. The standard InChI is InChI=1S/C10H8Cl2N4O/c1-5-8(13)9(16-10(12)15-5)17-7-2-6(11)3-14-4-7/h2-4H,13H2,1H3. The second-order valence-electron chi connectivity index (χ2n) is 3.24. The smallest absolute Gasteiger partial charge is 0.247 e. The molecule has 0 atom stereocenters. The van der Waals surface area contributed by atoms with Gasteiger partial charge in [0.2, 0.25) is 11.2 Å². The predicted molar refractivity (Wildman–Crippen MR) is 65.5 cm³/mol. The highest BCUT2D eigenvalue weighted by molar-refractivity contribution is 6.30. The molecular formula is C10H8Cl2N4O. The molecule has 7 heteroatoms. The number of anilines is 1. The van der Waals surface area contributed by atoms with Crippen LogP contribution in [0.25, 0.3) is 0 Å². The van der Waals surface area contributed by atoms with Crippen molar-refractivity contribution in [1.29, 1.82) is 0 Å². The highest BCUT2D eigenvalue weighted by atomic mass is 35.5. The molecule has 0 saturated carbocycles. The summed E-state index contributed by atoms with van der Waals surface area (Å²) in [6.45, 7) is 1.71. The molecule has 0 aliphatic rings. The Labute approximate surface area is 108 Å². The Morgan fingerprint density at radius 2 is 2.00 bits per heavy atom. The molecule has 0 aromatic carbocycles. The number of aryl methyl sites for hydroxylation is 1. The van der Waals surface area contributed by atoms with E-state index in [0.29, 0.717) is 22.2 Å². The summed E-state index contributed by atoms with van der Waals surface area (Å²) in [7, 11) is 0. The molecular weight excluding hydrogens is 263 g/mol. The Morgan fingerprint density at radius 3 is 2.71 bits per heavy atom. The molecule has 0 spiro atoms. The van der Waals surface area contributed by atoms with Crippen molar-refractivity contribution in [2.24, 2.45) is 0 Å². The first-order valence-corrected chi connectivity index (χ1v) is 5.40. The quantitative estimate of drug-likeness (QED) is 0.850. The van der Waals surface area contributed by atoms with Crippen LogP contribution in [0.5, 0.6) is 11.6 Å². The summed E-state index contributed by atoms with van der Waals surface area (Å²) in [5.41, 5.74) is 6.65. The highest BCUT2D eigenvalue weighted by Crippen LogP contribution is 2.28. The van der Waals surface area contributed by atoms with Crippen molar-refractivity contribution in [3.05, 3.63) is 34.5 Å². The molecule has 2 aromatic heterocycles. The lowest BCUT2D eigenvalue weighted by Crippen LogP contribution is -2.01. The second kappa shape index (κ2) is 4.73. The monoisotopic (exact) mass is 270 g/mol. The van der Waals surface area contributed by atoms with Crippen LogP contribution in [0.3, 0.4) is 0 Å². The molecule has 0 aliphatic heterocycles. The number of aromatic nitrogens is 3. The first-order valence-electron chi connectivity index (χ1n) is 4.64. The van der Waals surface area contributed by atoms with E-state index in [1.54, 1.807) is 13.0 Å². The lowest BCUT2D eigenvalue weighted by molar-refractivity contribution is 0.461. The van der Waals surface area contributed by atoms with Gasteiger partial charge in [-0.1, -0.05) is 11.6 Å². The zero-order valence-electron chi connectivity index (χ0n) is 8.82. The van der Waals surface area contributed by atoms with E-state index in [2.05, 4.69) is 15.0 Å². The number of nitrogens with two attached hydrogens (primary N) is 1. The molecule has 2 heterocycles. The molecule has 0 bridgehead atoms. The molecule has 88 valence electrons. The van der Waals surface area contributed by atoms with Gasteiger partial charge in [-0.2, -0.15) is 4.98 Å². The lowest BCUT2D eigenvalue weighted by Gasteiger charge is -2.08. The molecule has 2 rings (SSSR count). The molecule has 2 aromatic rings. The van der Waals surface area contributed by atoms with E-state index in [-0.39, 0.29) is 11.2 Å². The maximum atomic E-state index is 5.78. The Hall–Kier alpha value is -1.59. The molecule has 2 N–H and O–H groups in total. The summed E-state index contributed by atoms with van der Waals surface area (Å²) < 4.78 is 5.44. The molecule has 17 heavy (non-hydrogen) atoms. The summed E-state index contributed by atoms with van der Waals surface area (Å²) in [6, 6.07) is 1.60. The van der Waals surface area contributed by atoms with E-state index in [4.69, 9.17) is 33.7 Å². The highest BCUT2D eigenvalue weighted by Gasteiger charge is 2.10. The van der Waals surface area contributed by atoms with E-state index in [1.165, 1.54) is 12.4 Å². The topological polar surface area (TPSA) is 73.9 Å². The van der Waals surface area contributed by atoms with E-state index in [0.717, 1.165) is 0 Å². The van der Waals surface area contributed by atoms with Gasteiger partial charge in [0.25, 0.3) is 0 Å². The maximum Gasteiger partial charge on any atom is 0.247 e. The SMILES string of the molecule is Cc1nc(Cl)nc(Oc2cncc(Cl)c2)c1N. The van der Waals surface area contributed by atoms with Gasteiger partial charge >= 0.3 is 0 Å². The second-order valence-corrected chi connectivity index (χ2v) is 4.01. The largest absolute Gasteiger partial charge is 0.435 e. The Bertz CT molecular complexity index is 562. The van der Waals surface area contributed by atoms with Crippen molar-refractivity contribution in [3.63, 3.8) is 0 Å². The predicted octanol–water partition coefficient (Wildman–Crippen LogP) is 2.86. The van der Waals surface area contributed by atoms with Gasteiger partial charge in [-0.05, 0) is 18.5 Å². The van der Waals surface area contributed by atoms with Crippen LogP contribution in [0, 0.1) is 6.92 Å². The molecule has 0 saturated heterocycles. The van der Waals surface area contributed by atoms with Gasteiger partial charge < -0.3 is 10.5 Å². The normalized spacial score (nSPS) is 10.3. The Morgan fingerprint density at radius 1 is 1.24 bits per heavy atom. The van der Waals surface area contributed by atoms with E-state index < -0.39 is 0 Å². The summed E-state index contributed by atoms with van der Waals surface area (Å²) in [5, 5.41) is 0.527. The number of ether oxygens (including phenoxy) is 1. The van der Waals surface area contributed by atoms with Crippen LogP contribution in [-0.4, -0.2) is 15.0 Å². The minimum absolute atomic E-state index is 0.0710. The first kappa shape index (κ1) is 11.9. The Balaban J connectivity index is 2.36. The minimum atomic E-state index is 0.0710. The number of hydrogen-bond acceptors (Lipinski definition) is 5. The third-order valence-electron chi connectivity index (χ3n) is 1.97. The van der Waals surface area contributed by atoms with Crippen LogP contribution in [0.15, 0.2) is 18.5 Å². The molecule has 0 radical (unpaired) electrons. The number of hydrogen-bond donors (Lipinski definition) is 1. The van der Waals surface area contributed by atoms with Crippen molar-refractivity contribution < 1.29 is 4.74 Å². The minimum Gasteiger partial charge on any atom is -0.435 e. The maximum absolute atomic E-state index is 5.78. The van der Waals surface area contributed by atoms with Crippen molar-refractivity contribution >= 4 is 28.9 Å². The van der Waals surface area contributed by atoms with Crippen molar-refractivity contribution in [2.45, 2.75) is 6.92 Å². The van der Waals surface area contributed by atoms with Gasteiger partial charge in [0, 0.05) is 12.3 Å². The molecule has 0 amide bonds.